The molecule has 21 heavy (non-hydrogen) atoms. The second-order valence-electron chi connectivity index (χ2n) is 5.76. The summed E-state index contributed by atoms with van der Waals surface area (Å²) < 4.78 is 5.97. The lowest BCUT2D eigenvalue weighted by molar-refractivity contribution is -0.743. The molecule has 0 aliphatic heterocycles. The largest absolute Gasteiger partial charge is 0.378 e. The first-order valence-corrected chi connectivity index (χ1v) is 8.32. The lowest BCUT2D eigenvalue weighted by atomic mass is 9.95. The molecule has 5 heteroatoms. The molecule has 1 aliphatic carbocycles. The lowest BCUT2D eigenvalue weighted by Crippen LogP contribution is -2.23. The van der Waals surface area contributed by atoms with Crippen LogP contribution >= 0.6 is 0 Å². The Labute approximate surface area is 127 Å². The molecule has 122 valence electrons. The van der Waals surface area contributed by atoms with Gasteiger partial charge in [0.1, 0.15) is 0 Å². The predicted molar refractivity (Wildman–Crippen MR) is 82.3 cm³/mol. The van der Waals surface area contributed by atoms with Gasteiger partial charge in [0.05, 0.1) is 11.9 Å². The Bertz CT molecular complexity index is 330. The van der Waals surface area contributed by atoms with Gasteiger partial charge in [0.2, 0.25) is 0 Å². The zero-order valence-electron chi connectivity index (χ0n) is 13.4. The van der Waals surface area contributed by atoms with Crippen molar-refractivity contribution in [3.63, 3.8) is 0 Å². The van der Waals surface area contributed by atoms with Gasteiger partial charge in [-0.3, -0.25) is 4.84 Å². The highest BCUT2D eigenvalue weighted by atomic mass is 17.0. The van der Waals surface area contributed by atoms with Crippen LogP contribution in [-0.4, -0.2) is 17.8 Å². The molecule has 0 aromatic carbocycles. The van der Waals surface area contributed by atoms with E-state index in [1.165, 1.54) is 12.8 Å². The molecule has 1 aliphatic rings. The van der Waals surface area contributed by atoms with Crippen molar-refractivity contribution in [3.05, 3.63) is 21.9 Å². The molecule has 0 N–H and O–H groups in total. The fourth-order valence-corrected chi connectivity index (χ4v) is 2.81. The van der Waals surface area contributed by atoms with Gasteiger partial charge < -0.3 is 4.74 Å². The highest BCUT2D eigenvalue weighted by Gasteiger charge is 2.23. The molecule has 2 atom stereocenters. The third-order valence-electron chi connectivity index (χ3n) is 3.91. The Morgan fingerprint density at radius 1 is 1.24 bits per heavy atom. The Hall–Kier alpha value is -1.10. The molecule has 1 saturated carbocycles. The van der Waals surface area contributed by atoms with Crippen molar-refractivity contribution in [1.29, 1.82) is 0 Å². The van der Waals surface area contributed by atoms with Crippen molar-refractivity contribution in [2.75, 3.05) is 6.61 Å². The van der Waals surface area contributed by atoms with Crippen LogP contribution in [-0.2, 0) is 9.57 Å². The lowest BCUT2D eigenvalue weighted by Gasteiger charge is -2.23. The molecule has 0 bridgehead atoms. The summed E-state index contributed by atoms with van der Waals surface area (Å²) in [5.74, 6) is 0.740. The van der Waals surface area contributed by atoms with Gasteiger partial charge in [0.15, 0.2) is 0 Å². The van der Waals surface area contributed by atoms with E-state index in [0.29, 0.717) is 12.2 Å². The van der Waals surface area contributed by atoms with Crippen LogP contribution in [0.4, 0.5) is 0 Å². The van der Waals surface area contributed by atoms with Gasteiger partial charge in [0.25, 0.3) is 5.09 Å². The summed E-state index contributed by atoms with van der Waals surface area (Å²) in [5, 5.41) is 9.95. The first-order chi connectivity index (χ1) is 10.2. The van der Waals surface area contributed by atoms with Crippen LogP contribution in [0, 0.1) is 16.0 Å². The molecule has 0 saturated heterocycles. The molecule has 5 nitrogen and oxygen atoms in total. The van der Waals surface area contributed by atoms with Crippen LogP contribution in [0.1, 0.15) is 71.6 Å². The second kappa shape index (κ2) is 10.6. The smallest absolute Gasteiger partial charge is 0.299 e. The maximum atomic E-state index is 10.6. The Morgan fingerprint density at radius 2 is 2.00 bits per heavy atom. The summed E-state index contributed by atoms with van der Waals surface area (Å²) in [7, 11) is 0. The summed E-state index contributed by atoms with van der Waals surface area (Å²) in [5.41, 5.74) is 0. The van der Waals surface area contributed by atoms with E-state index >= 15 is 0 Å². The van der Waals surface area contributed by atoms with E-state index in [1.54, 1.807) is 0 Å². The van der Waals surface area contributed by atoms with Crippen molar-refractivity contribution < 1.29 is 14.7 Å². The molecule has 1 rings (SSSR count). The molecular formula is C16H29NO4. The minimum atomic E-state index is -0.694. The van der Waals surface area contributed by atoms with Gasteiger partial charge in [-0.05, 0) is 32.1 Å². The van der Waals surface area contributed by atoms with Crippen LogP contribution in [0.15, 0.2) is 11.8 Å². The summed E-state index contributed by atoms with van der Waals surface area (Å²) in [6, 6.07) is 0. The number of unbranched alkanes of at least 4 members (excludes halogenated alkanes) is 1. The quantitative estimate of drug-likeness (QED) is 0.269. The number of ether oxygens (including phenoxy) is 1. The van der Waals surface area contributed by atoms with Crippen molar-refractivity contribution in [2.45, 2.75) is 77.7 Å². The Balaban J connectivity index is 2.75. The average molecular weight is 299 g/mol. The topological polar surface area (TPSA) is 61.6 Å². The molecule has 1 fully saturated rings. The van der Waals surface area contributed by atoms with Crippen molar-refractivity contribution >= 4 is 0 Å². The van der Waals surface area contributed by atoms with Gasteiger partial charge in [0, 0.05) is 12.5 Å². The normalized spacial score (nSPS) is 23.6. The van der Waals surface area contributed by atoms with Gasteiger partial charge in [-0.25, -0.2) is 0 Å². The van der Waals surface area contributed by atoms with Gasteiger partial charge in [-0.2, -0.15) is 0 Å². The summed E-state index contributed by atoms with van der Waals surface area (Å²) in [6.45, 7) is 4.93. The summed E-state index contributed by atoms with van der Waals surface area (Å²) in [6.07, 6.45) is 11.3. The monoisotopic (exact) mass is 299 g/mol. The summed E-state index contributed by atoms with van der Waals surface area (Å²) >= 11 is 0. The molecule has 0 aromatic heterocycles. The molecule has 0 aromatic rings. The van der Waals surface area contributed by atoms with Crippen LogP contribution in [0.25, 0.3) is 0 Å². The van der Waals surface area contributed by atoms with Crippen LogP contribution in [0.2, 0.25) is 0 Å². The molecule has 0 radical (unpaired) electrons. The van der Waals surface area contributed by atoms with Crippen LogP contribution in [0.5, 0.6) is 0 Å². The molecule has 0 heterocycles. The van der Waals surface area contributed by atoms with E-state index in [0.717, 1.165) is 45.1 Å². The molecular weight excluding hydrogens is 270 g/mol. The van der Waals surface area contributed by atoms with Crippen LogP contribution in [0.3, 0.4) is 0 Å². The maximum absolute atomic E-state index is 10.6. The standard InChI is InChI=1S/C16H29NO4/c1-3-5-10-15(21-17(18)19)13-14-9-7-6-8-11-16(14)20-12-4-2/h13-14,16H,3-12H2,1-2H3/b15-13-/t14-,16+/m1/s1. The third kappa shape index (κ3) is 7.46. The first-order valence-electron chi connectivity index (χ1n) is 8.32. The molecule has 0 spiro atoms. The zero-order valence-corrected chi connectivity index (χ0v) is 13.4. The molecule has 0 unspecified atom stereocenters. The fraction of sp³-hybridized carbons (Fsp3) is 0.875. The SMILES string of the molecule is CCCC/C(=C/[C@H]1CCCCC[C@@H]1OCCC)O[N+](=O)[O-]. The Morgan fingerprint density at radius 3 is 2.67 bits per heavy atom. The van der Waals surface area contributed by atoms with E-state index in [2.05, 4.69) is 13.8 Å². The van der Waals surface area contributed by atoms with E-state index < -0.39 is 5.09 Å². The third-order valence-corrected chi connectivity index (χ3v) is 3.91. The van der Waals surface area contributed by atoms with Gasteiger partial charge in [-0.1, -0.05) is 45.6 Å². The van der Waals surface area contributed by atoms with Crippen molar-refractivity contribution in [2.24, 2.45) is 5.92 Å². The van der Waals surface area contributed by atoms with Gasteiger partial charge >= 0.3 is 0 Å². The number of allylic oxidation sites excluding steroid dienone is 1. The van der Waals surface area contributed by atoms with E-state index in [-0.39, 0.29) is 12.0 Å². The maximum Gasteiger partial charge on any atom is 0.299 e. The van der Waals surface area contributed by atoms with Crippen molar-refractivity contribution in [3.8, 4) is 0 Å². The predicted octanol–water partition coefficient (Wildman–Crippen LogP) is 4.64. The highest BCUT2D eigenvalue weighted by molar-refractivity contribution is 4.99. The minimum absolute atomic E-state index is 0.180. The molecule has 0 amide bonds. The van der Waals surface area contributed by atoms with E-state index in [4.69, 9.17) is 9.57 Å². The van der Waals surface area contributed by atoms with E-state index in [9.17, 15) is 10.1 Å². The first kappa shape index (κ1) is 18.0. The second-order valence-corrected chi connectivity index (χ2v) is 5.76. The number of rotatable bonds is 9. The minimum Gasteiger partial charge on any atom is -0.378 e. The van der Waals surface area contributed by atoms with Crippen LogP contribution < -0.4 is 0 Å². The number of hydrogen-bond donors (Lipinski definition) is 0. The highest BCUT2D eigenvalue weighted by Crippen LogP contribution is 2.29. The van der Waals surface area contributed by atoms with Gasteiger partial charge in [-0.15, -0.1) is 10.1 Å². The number of hydrogen-bond acceptors (Lipinski definition) is 4. The fourth-order valence-electron chi connectivity index (χ4n) is 2.81. The number of nitrogens with zero attached hydrogens (tertiary/aromatic N) is 1. The Kier molecular flexibility index (Phi) is 9.06. The van der Waals surface area contributed by atoms with E-state index in [1.807, 2.05) is 6.08 Å². The average Bonchev–Trinajstić information content (AvgIpc) is 2.67. The zero-order chi connectivity index (χ0) is 15.5. The van der Waals surface area contributed by atoms with Crippen molar-refractivity contribution in [1.82, 2.24) is 0 Å². The summed E-state index contributed by atoms with van der Waals surface area (Å²) in [4.78, 5) is 15.4.